The van der Waals surface area contributed by atoms with Gasteiger partial charge in [-0.2, -0.15) is 0 Å². The Kier molecular flexibility index (Phi) is 5.31. The van der Waals surface area contributed by atoms with Gasteiger partial charge >= 0.3 is 0 Å². The van der Waals surface area contributed by atoms with E-state index in [9.17, 15) is 9.90 Å². The van der Waals surface area contributed by atoms with Crippen molar-refractivity contribution >= 4 is 53.7 Å². The van der Waals surface area contributed by atoms with Gasteiger partial charge in [-0.3, -0.25) is 4.79 Å². The van der Waals surface area contributed by atoms with Crippen molar-refractivity contribution in [2.45, 2.75) is 25.7 Å². The highest BCUT2D eigenvalue weighted by Crippen LogP contribution is 2.39. The smallest absolute Gasteiger partial charge is 0.227 e. The molecule has 1 aliphatic rings. The number of benzene rings is 1. The molecule has 0 unspecified atom stereocenters. The predicted molar refractivity (Wildman–Crippen MR) is 85.3 cm³/mol. The second-order valence-corrected chi connectivity index (χ2v) is 7.10. The van der Waals surface area contributed by atoms with Gasteiger partial charge in [-0.15, -0.1) is 0 Å². The normalized spacial score (nSPS) is 15.6. The second-order valence-electron chi connectivity index (χ2n) is 4.60. The number of nitrogens with zero attached hydrogens (tertiary/aromatic N) is 1. The van der Waals surface area contributed by atoms with E-state index in [0.717, 1.165) is 36.0 Å². The molecule has 2 rings (SSSR count). The van der Waals surface area contributed by atoms with Crippen LogP contribution in [0.15, 0.2) is 19.5 Å². The number of carbonyl (C=O) groups excluding carboxylic acids is 1. The van der Waals surface area contributed by atoms with Crippen molar-refractivity contribution in [1.29, 1.82) is 0 Å². The number of aromatic hydroxyl groups is 1. The Morgan fingerprint density at radius 1 is 1.16 bits per heavy atom. The Bertz CT molecular complexity index is 499. The lowest BCUT2D eigenvalue weighted by Crippen LogP contribution is -2.36. The molecule has 1 aliphatic heterocycles. The maximum absolute atomic E-state index is 12.3. The van der Waals surface area contributed by atoms with Gasteiger partial charge in [-0.1, -0.05) is 15.9 Å². The molecule has 1 N–H and O–H groups in total. The van der Waals surface area contributed by atoms with E-state index in [4.69, 9.17) is 0 Å². The lowest BCUT2D eigenvalue weighted by molar-refractivity contribution is -0.131. The van der Waals surface area contributed by atoms with E-state index < -0.39 is 0 Å². The Morgan fingerprint density at radius 3 is 2.42 bits per heavy atom. The van der Waals surface area contributed by atoms with Crippen LogP contribution in [0.4, 0.5) is 0 Å². The molecule has 0 saturated carbocycles. The minimum atomic E-state index is 0.114. The summed E-state index contributed by atoms with van der Waals surface area (Å²) in [7, 11) is 0. The third-order valence-electron chi connectivity index (χ3n) is 3.28. The maximum Gasteiger partial charge on any atom is 0.227 e. The van der Waals surface area contributed by atoms with Crippen molar-refractivity contribution in [3.63, 3.8) is 0 Å². The quantitative estimate of drug-likeness (QED) is 0.724. The zero-order valence-corrected chi connectivity index (χ0v) is 15.0. The largest absolute Gasteiger partial charge is 0.506 e. The number of halogens is 3. The Labute approximate surface area is 137 Å². The number of phenols is 1. The molecule has 0 radical (unpaired) electrons. The molecule has 1 saturated heterocycles. The van der Waals surface area contributed by atoms with Gasteiger partial charge in [0.05, 0.1) is 15.4 Å². The van der Waals surface area contributed by atoms with Crippen molar-refractivity contribution in [3.05, 3.63) is 25.0 Å². The summed E-state index contributed by atoms with van der Waals surface area (Å²) in [6.07, 6.45) is 3.66. The third kappa shape index (κ3) is 3.52. The maximum atomic E-state index is 12.3. The van der Waals surface area contributed by atoms with E-state index in [1.807, 2.05) is 4.90 Å². The van der Waals surface area contributed by atoms with Crippen LogP contribution in [0, 0.1) is 0 Å². The summed E-state index contributed by atoms with van der Waals surface area (Å²) in [6, 6.07) is 1.76. The van der Waals surface area contributed by atoms with Gasteiger partial charge in [0.1, 0.15) is 5.75 Å². The molecule has 0 aromatic heterocycles. The minimum absolute atomic E-state index is 0.114. The van der Waals surface area contributed by atoms with Crippen LogP contribution in [0.5, 0.6) is 5.75 Å². The van der Waals surface area contributed by atoms with Crippen molar-refractivity contribution < 1.29 is 9.90 Å². The monoisotopic (exact) mass is 453 g/mol. The Morgan fingerprint density at radius 2 is 1.79 bits per heavy atom. The first-order valence-corrected chi connectivity index (χ1v) is 8.51. The van der Waals surface area contributed by atoms with Crippen LogP contribution in [0.2, 0.25) is 0 Å². The fourth-order valence-corrected chi connectivity index (χ4v) is 4.59. The molecule has 0 aliphatic carbocycles. The zero-order chi connectivity index (χ0) is 14.0. The number of hydrogen-bond donors (Lipinski definition) is 1. The Hall–Kier alpha value is -0.0700. The van der Waals surface area contributed by atoms with Crippen LogP contribution >= 0.6 is 47.8 Å². The number of phenolic OH excluding ortho intramolecular Hbond substituents is 1. The molecule has 1 fully saturated rings. The molecule has 1 aromatic rings. The molecule has 104 valence electrons. The first kappa shape index (κ1) is 15.3. The topological polar surface area (TPSA) is 40.5 Å². The molecule has 0 atom stereocenters. The number of rotatable bonds is 2. The highest BCUT2D eigenvalue weighted by atomic mass is 79.9. The van der Waals surface area contributed by atoms with Gasteiger partial charge in [0.25, 0.3) is 0 Å². The van der Waals surface area contributed by atoms with E-state index in [2.05, 4.69) is 47.8 Å². The van der Waals surface area contributed by atoms with Crippen LogP contribution in [-0.4, -0.2) is 29.0 Å². The number of carbonyl (C=O) groups is 1. The number of likely N-dealkylation sites (tertiary alicyclic amines) is 1. The van der Waals surface area contributed by atoms with Gasteiger partial charge in [-0.05, 0) is 62.8 Å². The van der Waals surface area contributed by atoms with E-state index >= 15 is 0 Å². The molecule has 0 bridgehead atoms. The van der Waals surface area contributed by atoms with Gasteiger partial charge in [0.2, 0.25) is 5.91 Å². The summed E-state index contributed by atoms with van der Waals surface area (Å²) in [5.41, 5.74) is 0.788. The fraction of sp³-hybridized carbons (Fsp3) is 0.462. The van der Waals surface area contributed by atoms with E-state index in [1.165, 1.54) is 6.42 Å². The first-order valence-electron chi connectivity index (χ1n) is 6.14. The molecule has 1 amide bonds. The number of piperidine rings is 1. The average Bonchev–Trinajstić information content (AvgIpc) is 2.42. The van der Waals surface area contributed by atoms with Crippen LogP contribution in [-0.2, 0) is 11.2 Å². The molecule has 3 nitrogen and oxygen atoms in total. The van der Waals surface area contributed by atoms with Crippen molar-refractivity contribution in [1.82, 2.24) is 4.90 Å². The molecule has 0 spiro atoms. The van der Waals surface area contributed by atoms with E-state index in [1.54, 1.807) is 6.07 Å². The number of hydrogen-bond acceptors (Lipinski definition) is 2. The molecule has 1 heterocycles. The summed E-state index contributed by atoms with van der Waals surface area (Å²) in [6.45, 7) is 1.69. The van der Waals surface area contributed by atoms with Gasteiger partial charge < -0.3 is 10.0 Å². The summed E-state index contributed by atoms with van der Waals surface area (Å²) in [4.78, 5) is 14.2. The summed E-state index contributed by atoms with van der Waals surface area (Å²) in [5.74, 6) is 0.243. The summed E-state index contributed by atoms with van der Waals surface area (Å²) >= 11 is 10.1. The minimum Gasteiger partial charge on any atom is -0.506 e. The lowest BCUT2D eigenvalue weighted by atomic mass is 10.1. The fourth-order valence-electron chi connectivity index (χ4n) is 2.19. The molecule has 19 heavy (non-hydrogen) atoms. The van der Waals surface area contributed by atoms with Crippen molar-refractivity contribution in [2.75, 3.05) is 13.1 Å². The lowest BCUT2D eigenvalue weighted by Gasteiger charge is -2.27. The Balaban J connectivity index is 2.19. The van der Waals surface area contributed by atoms with Crippen LogP contribution in [0.3, 0.4) is 0 Å². The average molecular weight is 456 g/mol. The second kappa shape index (κ2) is 6.59. The van der Waals surface area contributed by atoms with Gasteiger partial charge in [0, 0.05) is 17.6 Å². The highest BCUT2D eigenvalue weighted by molar-refractivity contribution is 9.11. The van der Waals surface area contributed by atoms with Gasteiger partial charge in [-0.25, -0.2) is 0 Å². The molecule has 1 aromatic carbocycles. The van der Waals surface area contributed by atoms with E-state index in [0.29, 0.717) is 15.4 Å². The molecular weight excluding hydrogens is 442 g/mol. The SMILES string of the molecule is O=C(Cc1c(Br)cc(Br)c(O)c1Br)N1CCCCC1. The van der Waals surface area contributed by atoms with Crippen molar-refractivity contribution in [2.24, 2.45) is 0 Å². The van der Waals surface area contributed by atoms with Crippen LogP contribution < -0.4 is 0 Å². The number of amides is 1. The van der Waals surface area contributed by atoms with Gasteiger partial charge in [0.15, 0.2) is 0 Å². The van der Waals surface area contributed by atoms with E-state index in [-0.39, 0.29) is 11.7 Å². The summed E-state index contributed by atoms with van der Waals surface area (Å²) < 4.78 is 1.98. The highest BCUT2D eigenvalue weighted by Gasteiger charge is 2.21. The van der Waals surface area contributed by atoms with Crippen LogP contribution in [0.1, 0.15) is 24.8 Å². The van der Waals surface area contributed by atoms with Crippen LogP contribution in [0.25, 0.3) is 0 Å². The summed E-state index contributed by atoms with van der Waals surface area (Å²) in [5, 5.41) is 9.90. The zero-order valence-electron chi connectivity index (χ0n) is 10.3. The predicted octanol–water partition coefficient (Wildman–Crippen LogP) is 4.23. The first-order chi connectivity index (χ1) is 9.00. The molecular formula is C13H14Br3NO2. The third-order valence-corrected chi connectivity index (χ3v) is 5.44. The van der Waals surface area contributed by atoms with Crippen molar-refractivity contribution in [3.8, 4) is 5.75 Å². The standard InChI is InChI=1S/C13H14Br3NO2/c14-9-7-10(15)13(19)12(16)8(9)6-11(18)17-4-2-1-3-5-17/h7,19H,1-6H2. The molecule has 6 heteroatoms.